The lowest BCUT2D eigenvalue weighted by molar-refractivity contribution is 0.595. The van der Waals surface area contributed by atoms with Crippen LogP contribution in [0.1, 0.15) is 5.69 Å². The van der Waals surface area contributed by atoms with Gasteiger partial charge >= 0.3 is 0 Å². The number of piperazine rings is 1. The lowest BCUT2D eigenvalue weighted by Crippen LogP contribution is -2.47. The fourth-order valence-electron chi connectivity index (χ4n) is 3.76. The van der Waals surface area contributed by atoms with Crippen molar-refractivity contribution in [2.75, 3.05) is 36.0 Å². The molecule has 1 aromatic carbocycles. The molecular formula is C22H21N7O. The highest BCUT2D eigenvalue weighted by Gasteiger charge is 2.21. The molecule has 1 aliphatic heterocycles. The van der Waals surface area contributed by atoms with Crippen molar-refractivity contribution < 1.29 is 0 Å². The molecule has 0 radical (unpaired) electrons. The molecular weight excluding hydrogens is 378 g/mol. The lowest BCUT2D eigenvalue weighted by atomic mass is 10.2. The molecule has 150 valence electrons. The highest BCUT2D eigenvalue weighted by Crippen LogP contribution is 2.24. The van der Waals surface area contributed by atoms with E-state index >= 15 is 0 Å². The minimum absolute atomic E-state index is 0.129. The van der Waals surface area contributed by atoms with Crippen LogP contribution in [0.2, 0.25) is 0 Å². The second-order valence-corrected chi connectivity index (χ2v) is 7.20. The first-order valence-electron chi connectivity index (χ1n) is 9.96. The zero-order valence-corrected chi connectivity index (χ0v) is 16.4. The number of rotatable bonds is 4. The molecule has 0 amide bonds. The Kier molecular flexibility index (Phi) is 4.80. The van der Waals surface area contributed by atoms with E-state index in [1.54, 1.807) is 24.7 Å². The van der Waals surface area contributed by atoms with Gasteiger partial charge in [-0.25, -0.2) is 14.6 Å². The number of anilines is 2. The summed E-state index contributed by atoms with van der Waals surface area (Å²) in [7, 11) is 0. The highest BCUT2D eigenvalue weighted by molar-refractivity contribution is 5.89. The highest BCUT2D eigenvalue weighted by atomic mass is 16.1. The summed E-state index contributed by atoms with van der Waals surface area (Å²) in [5, 5.41) is 5.65. The second kappa shape index (κ2) is 7.90. The molecule has 4 heterocycles. The van der Waals surface area contributed by atoms with Crippen LogP contribution in [0.15, 0.2) is 71.9 Å². The van der Waals surface area contributed by atoms with Gasteiger partial charge in [0.1, 0.15) is 18.0 Å². The number of pyridine rings is 1. The van der Waals surface area contributed by atoms with Crippen LogP contribution in [-0.2, 0) is 6.54 Å². The topological polar surface area (TPSA) is 80.0 Å². The average Bonchev–Trinajstić information content (AvgIpc) is 2.81. The molecule has 1 saturated heterocycles. The van der Waals surface area contributed by atoms with Gasteiger partial charge in [-0.1, -0.05) is 18.2 Å². The average molecular weight is 399 g/mol. The van der Waals surface area contributed by atoms with Crippen LogP contribution >= 0.6 is 0 Å². The van der Waals surface area contributed by atoms with E-state index in [0.29, 0.717) is 6.54 Å². The van der Waals surface area contributed by atoms with Crippen molar-refractivity contribution in [3.8, 4) is 0 Å². The van der Waals surface area contributed by atoms with Gasteiger partial charge in [0.2, 0.25) is 0 Å². The quantitative estimate of drug-likeness (QED) is 0.519. The minimum atomic E-state index is -0.129. The Labute approximate surface area is 173 Å². The molecule has 0 unspecified atom stereocenters. The number of para-hydroxylation sites is 1. The zero-order chi connectivity index (χ0) is 20.3. The Hall–Kier alpha value is -3.81. The Morgan fingerprint density at radius 3 is 2.43 bits per heavy atom. The summed E-state index contributed by atoms with van der Waals surface area (Å²) < 4.78 is 1.47. The third-order valence-electron chi connectivity index (χ3n) is 5.32. The molecule has 8 nitrogen and oxygen atoms in total. The molecule has 5 rings (SSSR count). The van der Waals surface area contributed by atoms with Crippen molar-refractivity contribution in [2.24, 2.45) is 0 Å². The molecule has 8 heteroatoms. The number of hydrogen-bond acceptors (Lipinski definition) is 7. The third kappa shape index (κ3) is 3.59. The van der Waals surface area contributed by atoms with E-state index < -0.39 is 0 Å². The second-order valence-electron chi connectivity index (χ2n) is 7.20. The predicted molar refractivity (Wildman–Crippen MR) is 116 cm³/mol. The van der Waals surface area contributed by atoms with Gasteiger partial charge in [0.15, 0.2) is 0 Å². The standard InChI is InChI=1S/C22H21N7O/c30-21-9-8-20(26-29(21)15-17-5-3-4-10-23-17)27-11-13-28(14-12-27)22-18-6-1-2-7-19(18)24-16-25-22/h1-10,16H,11-15H2. The molecule has 0 bridgehead atoms. The summed E-state index contributed by atoms with van der Waals surface area (Å²) in [5.41, 5.74) is 1.63. The van der Waals surface area contributed by atoms with Gasteiger partial charge in [-0.05, 0) is 30.3 Å². The summed E-state index contributed by atoms with van der Waals surface area (Å²) >= 11 is 0. The van der Waals surface area contributed by atoms with Crippen LogP contribution < -0.4 is 15.4 Å². The number of benzene rings is 1. The largest absolute Gasteiger partial charge is 0.352 e. The first kappa shape index (κ1) is 18.2. The Morgan fingerprint density at radius 1 is 0.800 bits per heavy atom. The number of fused-ring (bicyclic) bond motifs is 1. The maximum atomic E-state index is 12.3. The van der Waals surface area contributed by atoms with Crippen molar-refractivity contribution in [2.45, 2.75) is 6.54 Å². The molecule has 0 atom stereocenters. The summed E-state index contributed by atoms with van der Waals surface area (Å²) in [6.45, 7) is 3.60. The molecule has 0 N–H and O–H groups in total. The van der Waals surface area contributed by atoms with E-state index in [0.717, 1.165) is 54.4 Å². The maximum absolute atomic E-state index is 12.3. The summed E-state index contributed by atoms with van der Waals surface area (Å²) in [5.74, 6) is 1.77. The van der Waals surface area contributed by atoms with Gasteiger partial charge in [-0.2, -0.15) is 5.10 Å². The van der Waals surface area contributed by atoms with E-state index in [9.17, 15) is 4.79 Å². The summed E-state index contributed by atoms with van der Waals surface area (Å²) in [6.07, 6.45) is 3.35. The third-order valence-corrected chi connectivity index (χ3v) is 5.32. The van der Waals surface area contributed by atoms with Crippen molar-refractivity contribution in [3.63, 3.8) is 0 Å². The fourth-order valence-corrected chi connectivity index (χ4v) is 3.76. The van der Waals surface area contributed by atoms with Gasteiger partial charge in [-0.15, -0.1) is 0 Å². The monoisotopic (exact) mass is 399 g/mol. The van der Waals surface area contributed by atoms with Gasteiger partial charge in [0.05, 0.1) is 17.8 Å². The summed E-state index contributed by atoms with van der Waals surface area (Å²) in [6, 6.07) is 17.1. The van der Waals surface area contributed by atoms with E-state index in [1.807, 2.05) is 36.4 Å². The van der Waals surface area contributed by atoms with E-state index in [2.05, 4.69) is 35.9 Å². The zero-order valence-electron chi connectivity index (χ0n) is 16.4. The molecule has 0 saturated carbocycles. The number of nitrogens with zero attached hydrogens (tertiary/aromatic N) is 7. The molecule has 0 aliphatic carbocycles. The molecule has 1 fully saturated rings. The van der Waals surface area contributed by atoms with Crippen LogP contribution in [0, 0.1) is 0 Å². The van der Waals surface area contributed by atoms with Crippen molar-refractivity contribution in [1.82, 2.24) is 24.7 Å². The van der Waals surface area contributed by atoms with Crippen molar-refractivity contribution >= 4 is 22.5 Å². The van der Waals surface area contributed by atoms with Crippen LogP contribution in [0.5, 0.6) is 0 Å². The van der Waals surface area contributed by atoms with Crippen LogP contribution in [0.25, 0.3) is 10.9 Å². The van der Waals surface area contributed by atoms with Gasteiger partial charge in [0, 0.05) is 43.8 Å². The number of aromatic nitrogens is 5. The first-order valence-corrected chi connectivity index (χ1v) is 9.96. The first-order chi connectivity index (χ1) is 14.8. The van der Waals surface area contributed by atoms with Gasteiger partial charge in [0.25, 0.3) is 5.56 Å². The Balaban J connectivity index is 1.33. The van der Waals surface area contributed by atoms with E-state index in [4.69, 9.17) is 0 Å². The molecule has 1 aliphatic rings. The van der Waals surface area contributed by atoms with Crippen LogP contribution in [-0.4, -0.2) is 50.9 Å². The minimum Gasteiger partial charge on any atom is -0.352 e. The molecule has 0 spiro atoms. The van der Waals surface area contributed by atoms with Gasteiger partial charge < -0.3 is 9.80 Å². The van der Waals surface area contributed by atoms with Crippen LogP contribution in [0.4, 0.5) is 11.6 Å². The molecule has 3 aromatic heterocycles. The van der Waals surface area contributed by atoms with E-state index in [-0.39, 0.29) is 5.56 Å². The maximum Gasteiger partial charge on any atom is 0.267 e. The van der Waals surface area contributed by atoms with Gasteiger partial charge in [-0.3, -0.25) is 9.78 Å². The molecule has 4 aromatic rings. The van der Waals surface area contributed by atoms with Crippen molar-refractivity contribution in [3.05, 3.63) is 83.2 Å². The van der Waals surface area contributed by atoms with Crippen molar-refractivity contribution in [1.29, 1.82) is 0 Å². The number of hydrogen-bond donors (Lipinski definition) is 0. The fraction of sp³-hybridized carbons (Fsp3) is 0.227. The normalized spacial score (nSPS) is 14.3. The Morgan fingerprint density at radius 2 is 1.60 bits per heavy atom. The lowest BCUT2D eigenvalue weighted by Gasteiger charge is -2.36. The molecule has 30 heavy (non-hydrogen) atoms. The SMILES string of the molecule is O=c1ccc(N2CCN(c3ncnc4ccccc34)CC2)nn1Cc1ccccn1. The van der Waals surface area contributed by atoms with E-state index in [1.165, 1.54) is 4.68 Å². The Bertz CT molecular complexity index is 1210. The van der Waals surface area contributed by atoms with Crippen LogP contribution in [0.3, 0.4) is 0 Å². The summed E-state index contributed by atoms with van der Waals surface area (Å²) in [4.78, 5) is 29.9. The predicted octanol–water partition coefficient (Wildman–Crippen LogP) is 1.96. The smallest absolute Gasteiger partial charge is 0.267 e.